The summed E-state index contributed by atoms with van der Waals surface area (Å²) < 4.78 is 16.3. The Bertz CT molecular complexity index is 922. The van der Waals surface area contributed by atoms with Crippen molar-refractivity contribution in [2.24, 2.45) is 11.7 Å². The van der Waals surface area contributed by atoms with Crippen LogP contribution in [0.3, 0.4) is 0 Å². The van der Waals surface area contributed by atoms with Crippen molar-refractivity contribution in [1.82, 2.24) is 9.55 Å². The van der Waals surface area contributed by atoms with Gasteiger partial charge in [-0.3, -0.25) is 4.79 Å². The number of rotatable bonds is 4. The Labute approximate surface area is 142 Å². The Balaban J connectivity index is 1.90. The van der Waals surface area contributed by atoms with Gasteiger partial charge in [-0.1, -0.05) is 0 Å². The number of aromatic carboxylic acids is 1. The monoisotopic (exact) mass is 346 g/mol. The normalized spacial score (nSPS) is 20.4. The van der Waals surface area contributed by atoms with Crippen LogP contribution in [0.4, 0.5) is 10.2 Å². The molecule has 3 heterocycles. The third kappa shape index (κ3) is 2.66. The van der Waals surface area contributed by atoms with E-state index in [1.54, 1.807) is 4.57 Å². The zero-order valence-corrected chi connectivity index (χ0v) is 13.6. The topological polar surface area (TPSA) is 101 Å². The van der Waals surface area contributed by atoms with Gasteiger partial charge >= 0.3 is 5.97 Å². The fourth-order valence-corrected chi connectivity index (χ4v) is 3.46. The van der Waals surface area contributed by atoms with E-state index in [1.165, 1.54) is 6.20 Å². The number of fused-ring (bicyclic) bond motifs is 1. The van der Waals surface area contributed by atoms with E-state index in [4.69, 9.17) is 5.73 Å². The number of pyridine rings is 2. The fraction of sp³-hybridized carbons (Fsp3) is 0.471. The van der Waals surface area contributed by atoms with Gasteiger partial charge in [-0.05, 0) is 37.8 Å². The number of carboxylic acids is 1. The van der Waals surface area contributed by atoms with Crippen molar-refractivity contribution in [3.8, 4) is 0 Å². The van der Waals surface area contributed by atoms with Gasteiger partial charge in [-0.15, -0.1) is 0 Å². The van der Waals surface area contributed by atoms with E-state index in [0.29, 0.717) is 31.2 Å². The van der Waals surface area contributed by atoms with Crippen molar-refractivity contribution in [3.63, 3.8) is 0 Å². The number of nitrogens with two attached hydrogens (primary N) is 1. The third-order valence-corrected chi connectivity index (χ3v) is 5.03. The number of carbonyl (C=O) groups is 1. The van der Waals surface area contributed by atoms with Crippen LogP contribution in [0.25, 0.3) is 11.0 Å². The maximum atomic E-state index is 14.6. The van der Waals surface area contributed by atoms with E-state index in [1.807, 2.05) is 4.90 Å². The first-order valence-corrected chi connectivity index (χ1v) is 8.43. The molecule has 2 aromatic rings. The molecule has 0 spiro atoms. The van der Waals surface area contributed by atoms with E-state index < -0.39 is 17.2 Å². The second-order valence-corrected chi connectivity index (χ2v) is 6.82. The van der Waals surface area contributed by atoms with Gasteiger partial charge < -0.3 is 20.3 Å². The van der Waals surface area contributed by atoms with Crippen LogP contribution in [-0.4, -0.2) is 40.3 Å². The van der Waals surface area contributed by atoms with E-state index in [2.05, 4.69) is 4.98 Å². The van der Waals surface area contributed by atoms with Crippen LogP contribution in [0.5, 0.6) is 0 Å². The summed E-state index contributed by atoms with van der Waals surface area (Å²) in [7, 11) is 0. The molecule has 7 nitrogen and oxygen atoms in total. The lowest BCUT2D eigenvalue weighted by atomic mass is 10.1. The van der Waals surface area contributed by atoms with Crippen LogP contribution in [-0.2, 0) is 0 Å². The molecule has 2 aromatic heterocycles. The molecule has 132 valence electrons. The number of anilines is 1. The molecular weight excluding hydrogens is 327 g/mol. The van der Waals surface area contributed by atoms with Crippen molar-refractivity contribution in [2.45, 2.75) is 25.3 Å². The Hall–Kier alpha value is -2.48. The zero-order valence-electron chi connectivity index (χ0n) is 13.6. The highest BCUT2D eigenvalue weighted by molar-refractivity contribution is 5.92. The molecule has 25 heavy (non-hydrogen) atoms. The molecule has 1 atom stereocenters. The number of nitrogens with zero attached hydrogens (tertiary/aromatic N) is 3. The smallest absolute Gasteiger partial charge is 0.341 e. The van der Waals surface area contributed by atoms with E-state index in [9.17, 15) is 19.1 Å². The van der Waals surface area contributed by atoms with Crippen LogP contribution < -0.4 is 16.1 Å². The Morgan fingerprint density at radius 3 is 2.76 bits per heavy atom. The highest BCUT2D eigenvalue weighted by atomic mass is 19.1. The lowest BCUT2D eigenvalue weighted by Crippen LogP contribution is -2.26. The second-order valence-electron chi connectivity index (χ2n) is 6.82. The molecule has 1 unspecified atom stereocenters. The van der Waals surface area contributed by atoms with Crippen LogP contribution in [0.15, 0.2) is 17.1 Å². The minimum Gasteiger partial charge on any atom is -0.477 e. The van der Waals surface area contributed by atoms with Gasteiger partial charge in [0.25, 0.3) is 0 Å². The third-order valence-electron chi connectivity index (χ3n) is 5.03. The summed E-state index contributed by atoms with van der Waals surface area (Å²) >= 11 is 0. The van der Waals surface area contributed by atoms with E-state index in [0.717, 1.165) is 25.3 Å². The highest BCUT2D eigenvalue weighted by Crippen LogP contribution is 2.37. The first-order chi connectivity index (χ1) is 12.0. The molecule has 1 aliphatic carbocycles. The van der Waals surface area contributed by atoms with E-state index >= 15 is 0 Å². The number of carboxylic acid groups (broad SMARTS) is 1. The van der Waals surface area contributed by atoms with Gasteiger partial charge in [0.15, 0.2) is 11.6 Å². The number of hydrogen-bond donors (Lipinski definition) is 2. The molecule has 2 fully saturated rings. The van der Waals surface area contributed by atoms with Gasteiger partial charge in [0.05, 0.1) is 5.39 Å². The summed E-state index contributed by atoms with van der Waals surface area (Å²) in [4.78, 5) is 30.0. The molecule has 8 heteroatoms. The lowest BCUT2D eigenvalue weighted by Gasteiger charge is -2.20. The summed E-state index contributed by atoms with van der Waals surface area (Å²) in [5, 5.41) is 9.27. The van der Waals surface area contributed by atoms with Crippen LogP contribution in [0.2, 0.25) is 0 Å². The lowest BCUT2D eigenvalue weighted by molar-refractivity contribution is 0.0695. The SMILES string of the molecule is NCC1CCN(c2nc3c(cc2F)c(=O)c(C(=O)O)cn3C2CC2)C1. The number of halogens is 1. The van der Waals surface area contributed by atoms with Crippen molar-refractivity contribution >= 4 is 22.8 Å². The van der Waals surface area contributed by atoms with Gasteiger partial charge in [0.2, 0.25) is 5.43 Å². The van der Waals surface area contributed by atoms with E-state index in [-0.39, 0.29) is 22.8 Å². The van der Waals surface area contributed by atoms with Crippen LogP contribution in [0, 0.1) is 11.7 Å². The quantitative estimate of drug-likeness (QED) is 0.867. The molecule has 1 aliphatic heterocycles. The molecule has 2 aliphatic rings. The average Bonchev–Trinajstić information content (AvgIpc) is 3.31. The number of hydrogen-bond acceptors (Lipinski definition) is 5. The first kappa shape index (κ1) is 16.0. The molecule has 1 saturated heterocycles. The second kappa shape index (κ2) is 5.80. The Morgan fingerprint density at radius 1 is 1.40 bits per heavy atom. The molecule has 0 bridgehead atoms. The maximum Gasteiger partial charge on any atom is 0.341 e. The van der Waals surface area contributed by atoms with Gasteiger partial charge in [0, 0.05) is 25.3 Å². The average molecular weight is 346 g/mol. The molecule has 0 radical (unpaired) electrons. The summed E-state index contributed by atoms with van der Waals surface area (Å²) in [6, 6.07) is 1.24. The summed E-state index contributed by atoms with van der Waals surface area (Å²) in [6.07, 6.45) is 4.00. The fourth-order valence-electron chi connectivity index (χ4n) is 3.46. The molecule has 4 rings (SSSR count). The zero-order chi connectivity index (χ0) is 17.7. The van der Waals surface area contributed by atoms with Crippen molar-refractivity contribution in [3.05, 3.63) is 33.9 Å². The Morgan fingerprint density at radius 2 is 2.16 bits per heavy atom. The first-order valence-electron chi connectivity index (χ1n) is 8.43. The number of aromatic nitrogens is 2. The van der Waals surface area contributed by atoms with Crippen molar-refractivity contribution < 1.29 is 14.3 Å². The van der Waals surface area contributed by atoms with Crippen LogP contribution in [0.1, 0.15) is 35.7 Å². The Kier molecular flexibility index (Phi) is 3.72. The highest BCUT2D eigenvalue weighted by Gasteiger charge is 2.30. The standard InChI is InChI=1S/C17H19FN4O3/c18-13-5-11-14(23)12(17(24)25)8-22(10-1-2-10)15(11)20-16(13)21-4-3-9(6-19)7-21/h5,8-10H,1-4,6-7,19H2,(H,24,25). The maximum absolute atomic E-state index is 14.6. The minimum atomic E-state index is -1.31. The molecular formula is C17H19FN4O3. The molecule has 0 amide bonds. The molecule has 1 saturated carbocycles. The van der Waals surface area contributed by atoms with Crippen molar-refractivity contribution in [1.29, 1.82) is 0 Å². The summed E-state index contributed by atoms with van der Waals surface area (Å²) in [5.74, 6) is -1.40. The summed E-state index contributed by atoms with van der Waals surface area (Å²) in [6.45, 7) is 1.84. The largest absolute Gasteiger partial charge is 0.477 e. The predicted octanol–water partition coefficient (Wildman–Crippen LogP) is 1.35. The summed E-state index contributed by atoms with van der Waals surface area (Å²) in [5.41, 5.74) is 5.00. The molecule has 0 aromatic carbocycles. The molecule has 3 N–H and O–H groups in total. The van der Waals surface area contributed by atoms with Gasteiger partial charge in [0.1, 0.15) is 11.2 Å². The predicted molar refractivity (Wildman–Crippen MR) is 90.6 cm³/mol. The van der Waals surface area contributed by atoms with Gasteiger partial charge in [-0.25, -0.2) is 14.2 Å². The van der Waals surface area contributed by atoms with Crippen LogP contribution >= 0.6 is 0 Å². The van der Waals surface area contributed by atoms with Gasteiger partial charge in [-0.2, -0.15) is 0 Å². The minimum absolute atomic E-state index is 0.0163. The van der Waals surface area contributed by atoms with Crippen molar-refractivity contribution in [2.75, 3.05) is 24.5 Å².